The summed E-state index contributed by atoms with van der Waals surface area (Å²) >= 11 is 0. The predicted molar refractivity (Wildman–Crippen MR) is 111 cm³/mol. The van der Waals surface area contributed by atoms with Gasteiger partial charge in [0.2, 0.25) is 10.0 Å². The van der Waals surface area contributed by atoms with E-state index in [-0.39, 0.29) is 0 Å². The summed E-state index contributed by atoms with van der Waals surface area (Å²) in [6.07, 6.45) is 3.39. The molecule has 3 N–H and O–H groups in total. The van der Waals surface area contributed by atoms with Gasteiger partial charge in [-0.3, -0.25) is 4.79 Å². The topological polar surface area (TPSA) is 99.3 Å². The van der Waals surface area contributed by atoms with Gasteiger partial charge in [-0.1, -0.05) is 18.2 Å². The lowest BCUT2D eigenvalue weighted by molar-refractivity contribution is -0.138. The maximum absolute atomic E-state index is 12.0. The highest BCUT2D eigenvalue weighted by atomic mass is 32.2. The Balaban J connectivity index is 1.90. The summed E-state index contributed by atoms with van der Waals surface area (Å²) in [4.78, 5) is 14.0. The van der Waals surface area contributed by atoms with Crippen molar-refractivity contribution in [2.45, 2.75) is 26.8 Å². The van der Waals surface area contributed by atoms with Crippen LogP contribution in [0, 0.1) is 13.8 Å². The summed E-state index contributed by atoms with van der Waals surface area (Å²) < 4.78 is 26.2. The van der Waals surface area contributed by atoms with Crippen LogP contribution < -0.4 is 4.72 Å². The Morgan fingerprint density at radius 1 is 1.14 bits per heavy atom. The minimum absolute atomic E-state index is 0.761. The molecule has 0 saturated heterocycles. The van der Waals surface area contributed by atoms with E-state index in [0.29, 0.717) is 0 Å². The first-order chi connectivity index (χ1) is 13.2. The van der Waals surface area contributed by atoms with E-state index in [1.807, 2.05) is 44.3 Å². The predicted octanol–water partition coefficient (Wildman–Crippen LogP) is 3.81. The van der Waals surface area contributed by atoms with Gasteiger partial charge in [0.25, 0.3) is 0 Å². The van der Waals surface area contributed by atoms with Gasteiger partial charge in [0.1, 0.15) is 6.04 Å². The highest BCUT2D eigenvalue weighted by Crippen LogP contribution is 2.29. The quantitative estimate of drug-likeness (QED) is 0.588. The molecule has 0 amide bonds. The number of benzene rings is 2. The zero-order valence-electron chi connectivity index (χ0n) is 15.9. The molecule has 0 fully saturated rings. The number of aliphatic carboxylic acids is 1. The Morgan fingerprint density at radius 3 is 2.61 bits per heavy atom. The van der Waals surface area contributed by atoms with E-state index in [2.05, 4.69) is 21.8 Å². The van der Waals surface area contributed by atoms with E-state index in [4.69, 9.17) is 5.11 Å². The summed E-state index contributed by atoms with van der Waals surface area (Å²) in [5.74, 6) is -1.23. The van der Waals surface area contributed by atoms with E-state index in [1.165, 1.54) is 13.0 Å². The molecule has 1 atom stereocenters. The highest BCUT2D eigenvalue weighted by Gasteiger charge is 2.17. The summed E-state index contributed by atoms with van der Waals surface area (Å²) in [5, 5.41) is 11.0. The van der Waals surface area contributed by atoms with Crippen molar-refractivity contribution < 1.29 is 18.3 Å². The van der Waals surface area contributed by atoms with E-state index in [1.54, 1.807) is 0 Å². The van der Waals surface area contributed by atoms with Crippen LogP contribution in [-0.4, -0.2) is 30.5 Å². The first kappa shape index (κ1) is 19.9. The maximum Gasteiger partial charge on any atom is 0.321 e. The lowest BCUT2D eigenvalue weighted by atomic mass is 9.94. The molecule has 146 valence electrons. The van der Waals surface area contributed by atoms with Gasteiger partial charge >= 0.3 is 5.97 Å². The van der Waals surface area contributed by atoms with Crippen LogP contribution in [0.2, 0.25) is 0 Å². The normalized spacial score (nSPS) is 13.2. The molecule has 1 aromatic heterocycles. The molecule has 0 aliphatic rings. The summed E-state index contributed by atoms with van der Waals surface area (Å²) in [6, 6.07) is 11.0. The van der Waals surface area contributed by atoms with Crippen molar-refractivity contribution in [3.05, 3.63) is 64.7 Å². The molecule has 3 aromatic rings. The highest BCUT2D eigenvalue weighted by molar-refractivity contribution is 7.92. The lowest BCUT2D eigenvalue weighted by Crippen LogP contribution is -2.37. The number of carboxylic acid groups (broad SMARTS) is 1. The number of sulfonamides is 1. The maximum atomic E-state index is 12.0. The Morgan fingerprint density at radius 2 is 1.89 bits per heavy atom. The molecule has 28 heavy (non-hydrogen) atoms. The molecule has 1 heterocycles. The van der Waals surface area contributed by atoms with Crippen molar-refractivity contribution in [1.29, 1.82) is 0 Å². The van der Waals surface area contributed by atoms with Gasteiger partial charge in [0.15, 0.2) is 0 Å². The smallest absolute Gasteiger partial charge is 0.321 e. The van der Waals surface area contributed by atoms with Crippen LogP contribution in [0.5, 0.6) is 0 Å². The zero-order chi connectivity index (χ0) is 20.5. The largest absolute Gasteiger partial charge is 0.480 e. The van der Waals surface area contributed by atoms with Crippen molar-refractivity contribution in [2.24, 2.45) is 0 Å². The Bertz CT molecular complexity index is 1180. The summed E-state index contributed by atoms with van der Waals surface area (Å²) in [5.41, 5.74) is 5.95. The Kier molecular flexibility index (Phi) is 5.40. The fraction of sp³-hybridized carbons (Fsp3) is 0.190. The third-order valence-electron chi connectivity index (χ3n) is 4.62. The number of rotatable bonds is 6. The second-order valence-electron chi connectivity index (χ2n) is 6.83. The molecule has 0 aliphatic carbocycles. The standard InChI is InChI=1S/C21H22N2O4S/c1-13-11-19(17-4-5-20-18(12-17)6-8-22-20)14(2)10-16(13)7-9-28(26,27)23-15(3)21(24)25/h4-12,15,22-23H,1-3H3,(H,24,25). The SMILES string of the molecule is Cc1cc(-c2ccc3[nH]ccc3c2)c(C)cc1C=CS(=O)(=O)NC(C)C(=O)O. The summed E-state index contributed by atoms with van der Waals surface area (Å²) in [6.45, 7) is 5.17. The van der Waals surface area contributed by atoms with Crippen LogP contribution in [0.15, 0.2) is 48.0 Å². The molecule has 6 nitrogen and oxygen atoms in total. The van der Waals surface area contributed by atoms with Crippen LogP contribution in [0.1, 0.15) is 23.6 Å². The Hall–Kier alpha value is -2.90. The Labute approximate surface area is 164 Å². The number of nitrogens with one attached hydrogen (secondary N) is 2. The molecule has 0 aliphatic heterocycles. The van der Waals surface area contributed by atoms with Crippen molar-refractivity contribution >= 4 is 33.0 Å². The van der Waals surface area contributed by atoms with Gasteiger partial charge in [-0.25, -0.2) is 8.42 Å². The van der Waals surface area contributed by atoms with Crippen LogP contribution in [-0.2, 0) is 14.8 Å². The molecule has 3 rings (SSSR count). The number of aryl methyl sites for hydroxylation is 2. The fourth-order valence-electron chi connectivity index (χ4n) is 3.05. The molecule has 1 unspecified atom stereocenters. The molecule has 0 radical (unpaired) electrons. The summed E-state index contributed by atoms with van der Waals surface area (Å²) in [7, 11) is -3.85. The van der Waals surface area contributed by atoms with Crippen LogP contribution in [0.4, 0.5) is 0 Å². The average Bonchev–Trinajstić information content (AvgIpc) is 3.09. The number of hydrogen-bond acceptors (Lipinski definition) is 3. The number of fused-ring (bicyclic) bond motifs is 1. The average molecular weight is 398 g/mol. The number of carboxylic acids is 1. The number of carbonyl (C=O) groups is 1. The van der Waals surface area contributed by atoms with Gasteiger partial charge in [-0.2, -0.15) is 4.72 Å². The second-order valence-corrected chi connectivity index (χ2v) is 8.43. The van der Waals surface area contributed by atoms with Crippen molar-refractivity contribution in [1.82, 2.24) is 9.71 Å². The van der Waals surface area contributed by atoms with Crippen molar-refractivity contribution in [2.75, 3.05) is 0 Å². The van der Waals surface area contributed by atoms with Crippen molar-refractivity contribution in [3.63, 3.8) is 0 Å². The second kappa shape index (κ2) is 7.61. The lowest BCUT2D eigenvalue weighted by Gasteiger charge is -2.11. The van der Waals surface area contributed by atoms with E-state index >= 15 is 0 Å². The van der Waals surface area contributed by atoms with Crippen molar-refractivity contribution in [3.8, 4) is 11.1 Å². The minimum Gasteiger partial charge on any atom is -0.480 e. The van der Waals surface area contributed by atoms with E-state index in [0.717, 1.165) is 44.1 Å². The molecule has 2 aromatic carbocycles. The number of aromatic nitrogens is 1. The first-order valence-electron chi connectivity index (χ1n) is 8.78. The number of aromatic amines is 1. The molecular formula is C21H22N2O4S. The zero-order valence-corrected chi connectivity index (χ0v) is 16.7. The van der Waals surface area contributed by atoms with Gasteiger partial charge in [0, 0.05) is 17.1 Å². The van der Waals surface area contributed by atoms with Crippen LogP contribution in [0.25, 0.3) is 28.1 Å². The molecular weight excluding hydrogens is 376 g/mol. The van der Waals surface area contributed by atoms with E-state index in [9.17, 15) is 13.2 Å². The fourth-order valence-corrected chi connectivity index (χ4v) is 4.05. The van der Waals surface area contributed by atoms with Gasteiger partial charge in [-0.15, -0.1) is 0 Å². The molecule has 0 saturated carbocycles. The number of H-pyrrole nitrogens is 1. The molecule has 0 bridgehead atoms. The van der Waals surface area contributed by atoms with Crippen LogP contribution >= 0.6 is 0 Å². The van der Waals surface area contributed by atoms with Gasteiger partial charge in [0.05, 0.1) is 0 Å². The van der Waals surface area contributed by atoms with Gasteiger partial charge in [-0.05, 0) is 78.2 Å². The monoisotopic (exact) mass is 398 g/mol. The minimum atomic E-state index is -3.85. The third-order valence-corrected chi connectivity index (χ3v) is 5.79. The first-order valence-corrected chi connectivity index (χ1v) is 10.3. The van der Waals surface area contributed by atoms with Gasteiger partial charge < -0.3 is 10.1 Å². The van der Waals surface area contributed by atoms with E-state index < -0.39 is 22.0 Å². The molecule has 7 heteroatoms. The number of hydrogen-bond donors (Lipinski definition) is 3. The third kappa shape index (κ3) is 4.32. The van der Waals surface area contributed by atoms with Crippen LogP contribution in [0.3, 0.4) is 0 Å². The molecule has 0 spiro atoms.